The van der Waals surface area contributed by atoms with Crippen molar-refractivity contribution in [1.82, 2.24) is 19.7 Å². The van der Waals surface area contributed by atoms with Crippen LogP contribution in [0.5, 0.6) is 0 Å². The molecule has 1 fully saturated rings. The number of carboxylic acid groups (broad SMARTS) is 1. The van der Waals surface area contributed by atoms with Gasteiger partial charge in [-0.15, -0.1) is 0 Å². The first-order valence-electron chi connectivity index (χ1n) is 17.4. The fraction of sp³-hybridized carbons (Fsp3) is 0.389. The van der Waals surface area contributed by atoms with Gasteiger partial charge in [-0.05, 0) is 66.6 Å². The maximum atomic E-state index is 13.1. The van der Waals surface area contributed by atoms with Crippen molar-refractivity contribution in [2.24, 2.45) is 0 Å². The summed E-state index contributed by atoms with van der Waals surface area (Å²) in [5, 5.41) is 18.1. The van der Waals surface area contributed by atoms with E-state index in [-0.39, 0.29) is 11.4 Å². The molecule has 2 aliphatic rings. The van der Waals surface area contributed by atoms with Gasteiger partial charge in [0.1, 0.15) is 29.8 Å². The van der Waals surface area contributed by atoms with Crippen LogP contribution in [0.3, 0.4) is 0 Å². The number of sulfonamides is 1. The molecule has 2 aromatic carbocycles. The maximum Gasteiger partial charge on any atom is 0.458 e. The minimum absolute atomic E-state index is 0.00581. The number of anilines is 3. The van der Waals surface area contributed by atoms with Crippen LogP contribution in [-0.2, 0) is 37.2 Å². The Hall–Kier alpha value is -5.37. The molecule has 1 atom stereocenters. The molecule has 4 heterocycles. The minimum Gasteiger partial charge on any atom is -0.480 e. The van der Waals surface area contributed by atoms with E-state index in [2.05, 4.69) is 42.4 Å². The first kappa shape index (κ1) is 41.8. The summed E-state index contributed by atoms with van der Waals surface area (Å²) in [4.78, 5) is 47.5. The molecule has 2 aliphatic heterocycles. The van der Waals surface area contributed by atoms with Gasteiger partial charge in [-0.3, -0.25) is 14.4 Å². The second kappa shape index (κ2) is 17.2. The zero-order valence-electron chi connectivity index (χ0n) is 29.7. The van der Waals surface area contributed by atoms with E-state index < -0.39 is 46.0 Å². The number of pyridine rings is 1. The Bertz CT molecular complexity index is 2170. The Balaban J connectivity index is 0.000000433. The highest BCUT2D eigenvalue weighted by Crippen LogP contribution is 2.33. The van der Waals surface area contributed by atoms with Crippen LogP contribution in [0.25, 0.3) is 10.8 Å². The van der Waals surface area contributed by atoms with E-state index in [0.29, 0.717) is 18.2 Å². The number of aryl methyl sites for hydroxylation is 1. The molecule has 56 heavy (non-hydrogen) atoms. The third-order valence-electron chi connectivity index (χ3n) is 9.23. The van der Waals surface area contributed by atoms with Crippen molar-refractivity contribution in [3.8, 4) is 0 Å². The van der Waals surface area contributed by atoms with Gasteiger partial charge in [0.25, 0.3) is 0 Å². The maximum absolute atomic E-state index is 13.1. The number of fused-ring (bicyclic) bond motifs is 2. The largest absolute Gasteiger partial charge is 0.480 e. The van der Waals surface area contributed by atoms with Crippen molar-refractivity contribution in [3.05, 3.63) is 77.7 Å². The number of carbonyl (C=O) groups is 3. The summed E-state index contributed by atoms with van der Waals surface area (Å²) in [6.07, 6.45) is -5.36. The van der Waals surface area contributed by atoms with Crippen LogP contribution in [0.2, 0.25) is 0 Å². The van der Waals surface area contributed by atoms with Gasteiger partial charge in [0.2, 0.25) is 10.0 Å². The van der Waals surface area contributed by atoms with Gasteiger partial charge < -0.3 is 20.6 Å². The second-order valence-electron chi connectivity index (χ2n) is 13.0. The zero-order chi connectivity index (χ0) is 40.8. The zero-order valence-corrected chi connectivity index (χ0v) is 30.6. The predicted molar refractivity (Wildman–Crippen MR) is 193 cm³/mol. The molecule has 0 saturated carbocycles. The summed E-state index contributed by atoms with van der Waals surface area (Å²) in [6.45, 7) is 4.40. The van der Waals surface area contributed by atoms with E-state index >= 15 is 0 Å². The summed E-state index contributed by atoms with van der Waals surface area (Å²) in [7, 11) is -4.10. The molecule has 13 nitrogen and oxygen atoms in total. The number of hydrogen-bond acceptors (Lipinski definition) is 11. The van der Waals surface area contributed by atoms with Crippen molar-refractivity contribution in [3.63, 3.8) is 0 Å². The van der Waals surface area contributed by atoms with Gasteiger partial charge in [0.05, 0.1) is 4.90 Å². The Morgan fingerprint density at radius 2 is 1.61 bits per heavy atom. The monoisotopic (exact) mass is 809 g/mol. The Labute approximate surface area is 317 Å². The molecule has 4 N–H and O–H groups in total. The molecule has 20 heteroatoms. The third-order valence-corrected chi connectivity index (χ3v) is 10.7. The van der Waals surface area contributed by atoms with Crippen molar-refractivity contribution < 1.29 is 54.3 Å². The van der Waals surface area contributed by atoms with Gasteiger partial charge in [-0.2, -0.15) is 31.1 Å². The molecule has 6 rings (SSSR count). The van der Waals surface area contributed by atoms with Crippen molar-refractivity contribution in [2.75, 3.05) is 41.7 Å². The Morgan fingerprint density at radius 1 is 0.946 bits per heavy atom. The number of Topliss-reactive ketones (excluding diaryl/α,β-unsaturated/α-hetero) is 2. The molecule has 0 aliphatic carbocycles. The number of aliphatic carboxylic acids is 1. The van der Waals surface area contributed by atoms with Gasteiger partial charge in [0, 0.05) is 43.4 Å². The fourth-order valence-corrected chi connectivity index (χ4v) is 7.56. The Morgan fingerprint density at radius 3 is 2.23 bits per heavy atom. The van der Waals surface area contributed by atoms with Crippen LogP contribution in [0.1, 0.15) is 48.9 Å². The van der Waals surface area contributed by atoms with E-state index in [9.17, 15) is 54.3 Å². The first-order valence-corrected chi connectivity index (χ1v) is 18.9. The molecule has 1 saturated heterocycles. The lowest BCUT2D eigenvalue weighted by atomic mass is 9.92. The lowest BCUT2D eigenvalue weighted by molar-refractivity contribution is -0.193. The smallest absolute Gasteiger partial charge is 0.458 e. The summed E-state index contributed by atoms with van der Waals surface area (Å²) in [6, 6.07) is 15.1. The third kappa shape index (κ3) is 10.1. The summed E-state index contributed by atoms with van der Waals surface area (Å²) in [5.41, 5.74) is 3.28. The van der Waals surface area contributed by atoms with E-state index in [1.54, 1.807) is 6.07 Å². The standard InChI is InChI=1S/C32H37N7O4S.C4F6O2/c1-2-26-30(34-19-28(32(40)41)38-44(42,43)25-11-9-21-6-3-4-7-24(21)18-25)35-20-36-31(26)39-16-13-22(14-17-39)27-12-10-23-8-5-15-33-29(23)37-27;5-3(6,7)1(11)2(12)4(8,9)10/h3-4,6-7,9-12,18,20,22,28,38H,2,5,8,13-17,19H2,1H3,(H,33,37)(H,40,41)(H,34,35,36);/t28-;/m0./s1. The number of alkyl halides is 6. The number of aromatic nitrogens is 3. The number of nitrogens with zero attached hydrogens (tertiary/aromatic N) is 4. The van der Waals surface area contributed by atoms with Crippen LogP contribution < -0.4 is 20.3 Å². The van der Waals surface area contributed by atoms with Crippen LogP contribution in [0.4, 0.5) is 43.8 Å². The van der Waals surface area contributed by atoms with Crippen LogP contribution in [0, 0.1) is 0 Å². The number of ketones is 2. The van der Waals surface area contributed by atoms with Gasteiger partial charge >= 0.3 is 29.9 Å². The number of hydrogen-bond donors (Lipinski definition) is 4. The lowest BCUT2D eigenvalue weighted by Crippen LogP contribution is -2.45. The molecular formula is C36H37F6N7O6S. The predicted octanol–water partition coefficient (Wildman–Crippen LogP) is 5.42. The number of carboxylic acids is 1. The molecule has 0 amide bonds. The summed E-state index contributed by atoms with van der Waals surface area (Å²) >= 11 is 0. The van der Waals surface area contributed by atoms with Crippen LogP contribution in [-0.4, -0.2) is 90.6 Å². The van der Waals surface area contributed by atoms with E-state index in [0.717, 1.165) is 79.0 Å². The molecular weight excluding hydrogens is 772 g/mol. The van der Waals surface area contributed by atoms with Crippen molar-refractivity contribution >= 4 is 55.8 Å². The van der Waals surface area contributed by atoms with Gasteiger partial charge in [-0.1, -0.05) is 43.3 Å². The number of benzene rings is 2. The van der Waals surface area contributed by atoms with Crippen molar-refractivity contribution in [2.45, 2.75) is 68.2 Å². The van der Waals surface area contributed by atoms with E-state index in [1.807, 2.05) is 31.2 Å². The first-order chi connectivity index (χ1) is 26.4. The highest BCUT2D eigenvalue weighted by Gasteiger charge is 2.54. The second-order valence-corrected chi connectivity index (χ2v) is 14.7. The average molecular weight is 810 g/mol. The number of nitrogens with one attached hydrogen (secondary N) is 3. The molecule has 0 spiro atoms. The van der Waals surface area contributed by atoms with Gasteiger partial charge in [-0.25, -0.2) is 23.4 Å². The average Bonchev–Trinajstić information content (AvgIpc) is 3.17. The van der Waals surface area contributed by atoms with E-state index in [1.165, 1.54) is 24.0 Å². The summed E-state index contributed by atoms with van der Waals surface area (Å²) < 4.78 is 95.6. The normalized spacial score (nSPS) is 15.5. The number of rotatable bonds is 11. The molecule has 2 aromatic heterocycles. The number of piperidine rings is 1. The topological polar surface area (TPSA) is 184 Å². The molecule has 0 bridgehead atoms. The molecule has 0 unspecified atom stereocenters. The molecule has 4 aromatic rings. The van der Waals surface area contributed by atoms with Gasteiger partial charge in [0.15, 0.2) is 0 Å². The highest BCUT2D eigenvalue weighted by molar-refractivity contribution is 7.89. The minimum atomic E-state index is -5.77. The van der Waals surface area contributed by atoms with Crippen LogP contribution >= 0.6 is 0 Å². The fourth-order valence-electron chi connectivity index (χ4n) is 6.34. The quantitative estimate of drug-likeness (QED) is 0.112. The SMILES string of the molecule is CCc1c(NC[C@H](NS(=O)(=O)c2ccc3ccccc3c2)C(=O)O)ncnc1N1CCC(c2ccc3c(n2)NCCC3)CC1.O=C(C(=O)C(F)(F)F)C(F)(F)F. The van der Waals surface area contributed by atoms with Crippen molar-refractivity contribution in [1.29, 1.82) is 0 Å². The lowest BCUT2D eigenvalue weighted by Gasteiger charge is -2.34. The van der Waals surface area contributed by atoms with Crippen LogP contribution in [0.15, 0.2) is 65.8 Å². The Kier molecular flexibility index (Phi) is 12.8. The molecule has 0 radical (unpaired) electrons. The summed E-state index contributed by atoms with van der Waals surface area (Å²) in [5.74, 6) is -5.40. The number of halogens is 6. The highest BCUT2D eigenvalue weighted by atomic mass is 32.2. The van der Waals surface area contributed by atoms with E-state index in [4.69, 9.17) is 4.98 Å². The molecule has 300 valence electrons. The number of carbonyl (C=O) groups excluding carboxylic acids is 2.